The summed E-state index contributed by atoms with van der Waals surface area (Å²) in [6.07, 6.45) is 3.11. The Balaban J connectivity index is 0.000000640. The molecule has 7 heteroatoms. The highest BCUT2D eigenvalue weighted by Crippen LogP contribution is 2.25. The highest BCUT2D eigenvalue weighted by Gasteiger charge is 2.18. The fourth-order valence-electron chi connectivity index (χ4n) is 3.22. The predicted molar refractivity (Wildman–Crippen MR) is 118 cm³/mol. The summed E-state index contributed by atoms with van der Waals surface area (Å²) < 4.78 is 7.90. The number of allylic oxidation sites excluding steroid dienone is 1. The average molecular weight is 407 g/mol. The first-order valence-corrected chi connectivity index (χ1v) is 10.8. The zero-order valence-electron chi connectivity index (χ0n) is 17.0. The van der Waals surface area contributed by atoms with Crippen molar-refractivity contribution in [2.75, 3.05) is 77.9 Å². The molecule has 0 amide bonds. The van der Waals surface area contributed by atoms with E-state index >= 15 is 0 Å². The van der Waals surface area contributed by atoms with Crippen LogP contribution >= 0.6 is 11.9 Å². The Morgan fingerprint density at radius 3 is 2.14 bits per heavy atom. The fraction of sp³-hybridized carbons (Fsp3) is 0.571. The summed E-state index contributed by atoms with van der Waals surface area (Å²) in [5, 5.41) is 3.17. The standard InChI is InChI=1S/C18H30N4OS.C3H4O/c1-19-17-3-5-18(6-4-17)24-22-11-9-20(10-12-22)7-2-8-21-13-15-23-16-14-21;1-2-3-4/h3-6,19H,2,7-16H2,1H3;2-3H,1H2. The van der Waals surface area contributed by atoms with E-state index in [0.717, 1.165) is 39.4 Å². The fourth-order valence-corrected chi connectivity index (χ4v) is 4.12. The molecule has 0 atom stereocenters. The summed E-state index contributed by atoms with van der Waals surface area (Å²) in [4.78, 5) is 15.5. The van der Waals surface area contributed by atoms with Crippen LogP contribution in [-0.2, 0) is 9.53 Å². The molecule has 2 fully saturated rings. The van der Waals surface area contributed by atoms with Gasteiger partial charge in [-0.25, -0.2) is 4.31 Å². The summed E-state index contributed by atoms with van der Waals surface area (Å²) in [6, 6.07) is 8.69. The Morgan fingerprint density at radius 1 is 1.04 bits per heavy atom. The number of piperazine rings is 1. The second-order valence-corrected chi connectivity index (χ2v) is 7.99. The van der Waals surface area contributed by atoms with Gasteiger partial charge in [-0.1, -0.05) is 6.58 Å². The molecule has 0 aromatic heterocycles. The van der Waals surface area contributed by atoms with E-state index in [1.807, 2.05) is 19.0 Å². The molecule has 1 N–H and O–H groups in total. The van der Waals surface area contributed by atoms with Crippen LogP contribution in [0.2, 0.25) is 0 Å². The van der Waals surface area contributed by atoms with Crippen LogP contribution in [0.15, 0.2) is 41.8 Å². The average Bonchev–Trinajstić information content (AvgIpc) is 2.76. The van der Waals surface area contributed by atoms with Crippen molar-refractivity contribution in [3.63, 3.8) is 0 Å². The molecule has 6 nitrogen and oxygen atoms in total. The van der Waals surface area contributed by atoms with Gasteiger partial charge in [0.1, 0.15) is 6.29 Å². The van der Waals surface area contributed by atoms with Gasteiger partial charge >= 0.3 is 0 Å². The number of carbonyl (C=O) groups excluding carboxylic acids is 1. The van der Waals surface area contributed by atoms with Crippen LogP contribution in [0.4, 0.5) is 5.69 Å². The first-order valence-electron chi connectivity index (χ1n) is 10.0. The van der Waals surface area contributed by atoms with Crippen LogP contribution in [-0.4, -0.2) is 93.0 Å². The third-order valence-corrected chi connectivity index (χ3v) is 5.96. The summed E-state index contributed by atoms with van der Waals surface area (Å²) >= 11 is 1.89. The van der Waals surface area contributed by atoms with Gasteiger partial charge in [-0.15, -0.1) is 0 Å². The van der Waals surface area contributed by atoms with E-state index in [1.54, 1.807) is 0 Å². The molecule has 1 aromatic rings. The summed E-state index contributed by atoms with van der Waals surface area (Å²) in [5.74, 6) is 0. The van der Waals surface area contributed by atoms with E-state index in [2.05, 4.69) is 50.3 Å². The van der Waals surface area contributed by atoms with E-state index in [0.29, 0.717) is 6.29 Å². The van der Waals surface area contributed by atoms with Crippen LogP contribution in [0.5, 0.6) is 0 Å². The number of carbonyl (C=O) groups is 1. The highest BCUT2D eigenvalue weighted by atomic mass is 32.2. The van der Waals surface area contributed by atoms with Crippen molar-refractivity contribution >= 4 is 23.9 Å². The normalized spacial score (nSPS) is 18.8. The first kappa shape index (κ1) is 22.9. The summed E-state index contributed by atoms with van der Waals surface area (Å²) in [7, 11) is 1.96. The minimum atomic E-state index is 0.639. The van der Waals surface area contributed by atoms with E-state index < -0.39 is 0 Å². The van der Waals surface area contributed by atoms with E-state index in [1.165, 1.54) is 49.3 Å². The van der Waals surface area contributed by atoms with E-state index in [-0.39, 0.29) is 0 Å². The van der Waals surface area contributed by atoms with Crippen LogP contribution in [0.1, 0.15) is 6.42 Å². The number of anilines is 1. The van der Waals surface area contributed by atoms with Crippen molar-refractivity contribution in [2.45, 2.75) is 11.3 Å². The Morgan fingerprint density at radius 2 is 1.61 bits per heavy atom. The largest absolute Gasteiger partial charge is 0.388 e. The van der Waals surface area contributed by atoms with Crippen molar-refractivity contribution < 1.29 is 9.53 Å². The molecule has 156 valence electrons. The molecular formula is C21H34N4O2S. The molecule has 2 aliphatic heterocycles. The molecule has 0 saturated carbocycles. The maximum atomic E-state index is 9.06. The van der Waals surface area contributed by atoms with Gasteiger partial charge in [0.05, 0.1) is 13.2 Å². The third kappa shape index (κ3) is 8.75. The maximum Gasteiger partial charge on any atom is 0.142 e. The predicted octanol–water partition coefficient (Wildman–Crippen LogP) is 2.45. The minimum absolute atomic E-state index is 0.639. The lowest BCUT2D eigenvalue weighted by atomic mass is 10.3. The quantitative estimate of drug-likeness (QED) is 0.404. The number of nitrogens with zero attached hydrogens (tertiary/aromatic N) is 3. The van der Waals surface area contributed by atoms with Gasteiger partial charge in [0, 0.05) is 56.9 Å². The van der Waals surface area contributed by atoms with Crippen LogP contribution in [0, 0.1) is 0 Å². The number of rotatable bonds is 8. The highest BCUT2D eigenvalue weighted by molar-refractivity contribution is 7.97. The van der Waals surface area contributed by atoms with Crippen molar-refractivity contribution in [1.82, 2.24) is 14.1 Å². The van der Waals surface area contributed by atoms with Crippen molar-refractivity contribution in [3.05, 3.63) is 36.9 Å². The molecule has 0 unspecified atom stereocenters. The lowest BCUT2D eigenvalue weighted by Gasteiger charge is -2.34. The number of nitrogens with one attached hydrogen (secondary N) is 1. The molecule has 0 aliphatic carbocycles. The van der Waals surface area contributed by atoms with Gasteiger partial charge in [-0.05, 0) is 61.8 Å². The van der Waals surface area contributed by atoms with Crippen LogP contribution in [0.3, 0.4) is 0 Å². The molecule has 1 aromatic carbocycles. The molecule has 2 heterocycles. The van der Waals surface area contributed by atoms with Gasteiger partial charge in [0.25, 0.3) is 0 Å². The maximum absolute atomic E-state index is 9.06. The summed E-state index contributed by atoms with van der Waals surface area (Å²) in [6.45, 7) is 14.3. The Hall–Kier alpha value is -1.38. The molecule has 2 aliphatic rings. The third-order valence-electron chi connectivity index (χ3n) is 4.86. The van der Waals surface area contributed by atoms with Crippen molar-refractivity contribution in [3.8, 4) is 0 Å². The van der Waals surface area contributed by atoms with E-state index in [4.69, 9.17) is 9.53 Å². The molecular weight excluding hydrogens is 372 g/mol. The van der Waals surface area contributed by atoms with E-state index in [9.17, 15) is 0 Å². The minimum Gasteiger partial charge on any atom is -0.388 e. The molecule has 0 bridgehead atoms. The van der Waals surface area contributed by atoms with Crippen molar-refractivity contribution in [1.29, 1.82) is 0 Å². The van der Waals surface area contributed by atoms with Gasteiger partial charge in [0.2, 0.25) is 0 Å². The lowest BCUT2D eigenvalue weighted by Crippen LogP contribution is -2.44. The Labute approximate surface area is 174 Å². The lowest BCUT2D eigenvalue weighted by molar-refractivity contribution is -0.104. The molecule has 0 radical (unpaired) electrons. The topological polar surface area (TPSA) is 48.1 Å². The zero-order chi connectivity index (χ0) is 20.0. The SMILES string of the molecule is C=CC=O.CNc1ccc(SN2CCN(CCCN3CCOCC3)CC2)cc1. The molecule has 0 spiro atoms. The molecule has 3 rings (SSSR count). The monoisotopic (exact) mass is 406 g/mol. The number of hydrogen-bond donors (Lipinski definition) is 1. The van der Waals surface area contributed by atoms with Gasteiger partial charge in [-0.2, -0.15) is 0 Å². The summed E-state index contributed by atoms with van der Waals surface area (Å²) in [5.41, 5.74) is 1.17. The van der Waals surface area contributed by atoms with Gasteiger partial charge in [-0.3, -0.25) is 9.69 Å². The number of morpholine rings is 1. The Bertz CT molecular complexity index is 550. The van der Waals surface area contributed by atoms with Crippen LogP contribution < -0.4 is 5.32 Å². The van der Waals surface area contributed by atoms with Crippen LogP contribution in [0.25, 0.3) is 0 Å². The first-order chi connectivity index (χ1) is 13.7. The van der Waals surface area contributed by atoms with Crippen molar-refractivity contribution in [2.24, 2.45) is 0 Å². The van der Waals surface area contributed by atoms with Gasteiger partial charge < -0.3 is 15.0 Å². The number of aldehydes is 1. The van der Waals surface area contributed by atoms with Gasteiger partial charge in [0.15, 0.2) is 0 Å². The Kier molecular flexibility index (Phi) is 11.2. The molecule has 28 heavy (non-hydrogen) atoms. The zero-order valence-corrected chi connectivity index (χ0v) is 17.8. The second-order valence-electron chi connectivity index (χ2n) is 6.82. The smallest absolute Gasteiger partial charge is 0.142 e. The molecule has 2 saturated heterocycles. The number of ether oxygens (including phenoxy) is 1. The number of hydrogen-bond acceptors (Lipinski definition) is 7. The number of benzene rings is 1. The second kappa shape index (κ2) is 13.7.